The van der Waals surface area contributed by atoms with Crippen molar-refractivity contribution in [3.63, 3.8) is 0 Å². The van der Waals surface area contributed by atoms with Crippen molar-refractivity contribution in [2.24, 2.45) is 5.84 Å². The first-order chi connectivity index (χ1) is 9.03. The van der Waals surface area contributed by atoms with Crippen molar-refractivity contribution in [1.82, 2.24) is 0 Å². The quantitative estimate of drug-likeness (QED) is 0.590. The summed E-state index contributed by atoms with van der Waals surface area (Å²) in [6.07, 6.45) is 0. The van der Waals surface area contributed by atoms with E-state index >= 15 is 0 Å². The second-order valence-corrected chi connectivity index (χ2v) is 5.74. The number of hydrogen-bond donors (Lipinski definition) is 3. The van der Waals surface area contributed by atoms with Crippen molar-refractivity contribution >= 4 is 21.4 Å². The number of hydrogen-bond acceptors (Lipinski definition) is 4. The minimum absolute atomic E-state index is 0.274. The Morgan fingerprint density at radius 2 is 1.53 bits per heavy atom. The Bertz CT molecular complexity index is 667. The van der Waals surface area contributed by atoms with Crippen LogP contribution in [0.5, 0.6) is 0 Å². The van der Waals surface area contributed by atoms with Gasteiger partial charge in [-0.2, -0.15) is 0 Å². The van der Waals surface area contributed by atoms with Crippen molar-refractivity contribution in [3.05, 3.63) is 54.1 Å². The molecule has 0 aliphatic heterocycles. The molecule has 0 heterocycles. The third kappa shape index (κ3) is 3.04. The fraction of sp³-hybridized carbons (Fsp3) is 0.0769. The van der Waals surface area contributed by atoms with Gasteiger partial charge in [0.05, 0.1) is 4.90 Å². The van der Waals surface area contributed by atoms with Crippen molar-refractivity contribution in [2.45, 2.75) is 11.8 Å². The maximum Gasteiger partial charge on any atom is 0.262 e. The summed E-state index contributed by atoms with van der Waals surface area (Å²) in [6.45, 7) is 1.76. The van der Waals surface area contributed by atoms with E-state index in [0.29, 0.717) is 16.9 Å². The molecule has 2 aromatic carbocycles. The van der Waals surface area contributed by atoms with Crippen molar-refractivity contribution in [2.75, 3.05) is 10.1 Å². The van der Waals surface area contributed by atoms with Gasteiger partial charge in [-0.25, -0.2) is 8.42 Å². The molecule has 0 aliphatic carbocycles. The average Bonchev–Trinajstić information content (AvgIpc) is 2.39. The first-order valence-electron chi connectivity index (χ1n) is 5.68. The van der Waals surface area contributed by atoms with Crippen LogP contribution in [0.1, 0.15) is 5.56 Å². The number of nitrogens with two attached hydrogens (primary N) is 1. The number of benzene rings is 2. The predicted molar refractivity (Wildman–Crippen MR) is 76.2 cm³/mol. The molecule has 0 aliphatic rings. The van der Waals surface area contributed by atoms with Crippen LogP contribution in [-0.4, -0.2) is 8.42 Å². The van der Waals surface area contributed by atoms with Crippen LogP contribution in [0.25, 0.3) is 0 Å². The summed E-state index contributed by atoms with van der Waals surface area (Å²) in [5.41, 5.74) is 4.38. The normalized spacial score (nSPS) is 11.1. The zero-order chi connectivity index (χ0) is 13.9. The molecule has 0 fully saturated rings. The van der Waals surface area contributed by atoms with Gasteiger partial charge in [-0.1, -0.05) is 18.2 Å². The number of rotatable bonds is 4. The van der Waals surface area contributed by atoms with Gasteiger partial charge >= 0.3 is 0 Å². The van der Waals surface area contributed by atoms with Gasteiger partial charge in [0, 0.05) is 11.4 Å². The fourth-order valence-electron chi connectivity index (χ4n) is 1.70. The molecule has 0 radical (unpaired) electrons. The van der Waals surface area contributed by atoms with Gasteiger partial charge in [-0.15, -0.1) is 0 Å². The second kappa shape index (κ2) is 5.29. The van der Waals surface area contributed by atoms with E-state index < -0.39 is 10.0 Å². The van der Waals surface area contributed by atoms with Crippen LogP contribution in [0.15, 0.2) is 53.4 Å². The molecule has 4 N–H and O–H groups in total. The summed E-state index contributed by atoms with van der Waals surface area (Å²) in [6, 6.07) is 13.5. The highest BCUT2D eigenvalue weighted by molar-refractivity contribution is 7.92. The standard InChI is InChI=1S/C13H15N3O2S/c1-10-4-2-3-5-13(10)19(17,18)16-12-8-6-11(15-14)7-9-12/h2-9,15-16H,14H2,1H3. The number of hydrazine groups is 1. The Labute approximate surface area is 112 Å². The minimum Gasteiger partial charge on any atom is -0.324 e. The lowest BCUT2D eigenvalue weighted by Crippen LogP contribution is -2.14. The highest BCUT2D eigenvalue weighted by atomic mass is 32.2. The van der Waals surface area contributed by atoms with E-state index in [4.69, 9.17) is 5.84 Å². The zero-order valence-corrected chi connectivity index (χ0v) is 11.2. The van der Waals surface area contributed by atoms with Crippen LogP contribution >= 0.6 is 0 Å². The van der Waals surface area contributed by atoms with Crippen LogP contribution in [0, 0.1) is 6.92 Å². The number of sulfonamides is 1. The molecule has 6 heteroatoms. The summed E-state index contributed by atoms with van der Waals surface area (Å²) in [5.74, 6) is 5.25. The predicted octanol–water partition coefficient (Wildman–Crippen LogP) is 2.08. The molecule has 0 aromatic heterocycles. The van der Waals surface area contributed by atoms with Crippen LogP contribution < -0.4 is 16.0 Å². The number of nitrogens with one attached hydrogen (secondary N) is 2. The summed E-state index contributed by atoms with van der Waals surface area (Å²) in [5, 5.41) is 0. The van der Waals surface area contributed by atoms with Crippen molar-refractivity contribution < 1.29 is 8.42 Å². The topological polar surface area (TPSA) is 84.2 Å². The molecule has 0 spiro atoms. The minimum atomic E-state index is -3.57. The molecule has 19 heavy (non-hydrogen) atoms. The molecule has 100 valence electrons. The second-order valence-electron chi connectivity index (χ2n) is 4.09. The summed E-state index contributed by atoms with van der Waals surface area (Å²) >= 11 is 0. The maximum atomic E-state index is 12.2. The fourth-order valence-corrected chi connectivity index (χ4v) is 3.01. The van der Waals surface area contributed by atoms with Gasteiger partial charge < -0.3 is 5.43 Å². The lowest BCUT2D eigenvalue weighted by Gasteiger charge is -2.10. The molecule has 0 unspecified atom stereocenters. The Hall–Kier alpha value is -2.05. The van der Waals surface area contributed by atoms with E-state index in [1.165, 1.54) is 0 Å². The summed E-state index contributed by atoms with van der Waals surface area (Å²) in [4.78, 5) is 0.274. The smallest absolute Gasteiger partial charge is 0.262 e. The van der Waals surface area contributed by atoms with Gasteiger partial charge in [0.2, 0.25) is 0 Å². The molecule has 0 atom stereocenters. The summed E-state index contributed by atoms with van der Waals surface area (Å²) in [7, 11) is -3.57. The van der Waals surface area contributed by atoms with Crippen molar-refractivity contribution in [3.8, 4) is 0 Å². The summed E-state index contributed by atoms with van der Waals surface area (Å²) < 4.78 is 27.0. The first-order valence-corrected chi connectivity index (χ1v) is 7.16. The monoisotopic (exact) mass is 277 g/mol. The molecule has 0 bridgehead atoms. The Balaban J connectivity index is 2.28. The Morgan fingerprint density at radius 1 is 0.947 bits per heavy atom. The van der Waals surface area contributed by atoms with Gasteiger partial charge in [0.25, 0.3) is 10.0 Å². The number of anilines is 2. The van der Waals surface area contributed by atoms with Crippen molar-refractivity contribution in [1.29, 1.82) is 0 Å². The molecular formula is C13H15N3O2S. The van der Waals surface area contributed by atoms with Crippen LogP contribution in [0.4, 0.5) is 11.4 Å². The highest BCUT2D eigenvalue weighted by Gasteiger charge is 2.15. The van der Waals surface area contributed by atoms with E-state index in [9.17, 15) is 8.42 Å². The molecule has 2 rings (SSSR count). The third-order valence-electron chi connectivity index (χ3n) is 2.69. The molecule has 2 aromatic rings. The highest BCUT2D eigenvalue weighted by Crippen LogP contribution is 2.20. The van der Waals surface area contributed by atoms with Gasteiger partial charge in [0.15, 0.2) is 0 Å². The maximum absolute atomic E-state index is 12.2. The molecule has 5 nitrogen and oxygen atoms in total. The number of aryl methyl sites for hydroxylation is 1. The van der Waals surface area contributed by atoms with E-state index in [1.54, 1.807) is 55.5 Å². The van der Waals surface area contributed by atoms with E-state index in [2.05, 4.69) is 10.1 Å². The van der Waals surface area contributed by atoms with Crippen LogP contribution in [0.2, 0.25) is 0 Å². The number of nitrogen functional groups attached to an aromatic ring is 1. The average molecular weight is 277 g/mol. The zero-order valence-electron chi connectivity index (χ0n) is 10.4. The molecular weight excluding hydrogens is 262 g/mol. The Morgan fingerprint density at radius 3 is 2.11 bits per heavy atom. The molecule has 0 saturated carbocycles. The van der Waals surface area contributed by atoms with Crippen LogP contribution in [0.3, 0.4) is 0 Å². The first kappa shape index (κ1) is 13.4. The molecule has 0 amide bonds. The Kier molecular flexibility index (Phi) is 3.73. The molecule has 0 saturated heterocycles. The SMILES string of the molecule is Cc1ccccc1S(=O)(=O)Nc1ccc(NN)cc1. The van der Waals surface area contributed by atoms with E-state index in [-0.39, 0.29) is 4.90 Å². The van der Waals surface area contributed by atoms with Gasteiger partial charge in [0.1, 0.15) is 0 Å². The van der Waals surface area contributed by atoms with Gasteiger partial charge in [-0.3, -0.25) is 10.6 Å². The van der Waals surface area contributed by atoms with E-state index in [1.807, 2.05) is 0 Å². The largest absolute Gasteiger partial charge is 0.324 e. The van der Waals surface area contributed by atoms with E-state index in [0.717, 1.165) is 0 Å². The van der Waals surface area contributed by atoms with Crippen LogP contribution in [-0.2, 0) is 10.0 Å². The van der Waals surface area contributed by atoms with Gasteiger partial charge in [-0.05, 0) is 42.8 Å². The lowest BCUT2D eigenvalue weighted by atomic mass is 10.2. The lowest BCUT2D eigenvalue weighted by molar-refractivity contribution is 0.600. The third-order valence-corrected chi connectivity index (χ3v) is 4.23.